The third-order valence-electron chi connectivity index (χ3n) is 4.66. The molecule has 4 nitrogen and oxygen atoms in total. The molecule has 2 heterocycles. The first kappa shape index (κ1) is 17.4. The van der Waals surface area contributed by atoms with Crippen molar-refractivity contribution >= 4 is 17.2 Å². The number of carbonyl (C=O) groups excluding carboxylic acids is 1. The van der Waals surface area contributed by atoms with E-state index in [4.69, 9.17) is 0 Å². The molecule has 0 aliphatic carbocycles. The van der Waals surface area contributed by atoms with Crippen LogP contribution in [0.15, 0.2) is 17.5 Å². The van der Waals surface area contributed by atoms with Crippen LogP contribution in [-0.4, -0.2) is 55.5 Å². The van der Waals surface area contributed by atoms with Crippen molar-refractivity contribution in [3.8, 4) is 0 Å². The van der Waals surface area contributed by atoms with E-state index in [1.807, 2.05) is 11.3 Å². The van der Waals surface area contributed by atoms with Crippen molar-refractivity contribution in [3.63, 3.8) is 0 Å². The molecule has 1 saturated heterocycles. The summed E-state index contributed by atoms with van der Waals surface area (Å²) in [5.41, 5.74) is 0. The van der Waals surface area contributed by atoms with Gasteiger partial charge in [0.05, 0.1) is 6.54 Å². The van der Waals surface area contributed by atoms with Gasteiger partial charge in [0.25, 0.3) is 0 Å². The second kappa shape index (κ2) is 8.65. The molecule has 1 fully saturated rings. The van der Waals surface area contributed by atoms with Crippen LogP contribution in [0.3, 0.4) is 0 Å². The van der Waals surface area contributed by atoms with Crippen LogP contribution in [0.2, 0.25) is 0 Å². The second-order valence-corrected chi connectivity index (χ2v) is 7.09. The van der Waals surface area contributed by atoms with Gasteiger partial charge in [0.2, 0.25) is 5.91 Å². The van der Waals surface area contributed by atoms with Gasteiger partial charge < -0.3 is 5.32 Å². The molecule has 0 unspecified atom stereocenters. The van der Waals surface area contributed by atoms with Crippen LogP contribution in [0.4, 0.5) is 0 Å². The number of nitrogens with one attached hydrogen (secondary N) is 1. The zero-order valence-electron chi connectivity index (χ0n) is 14.0. The van der Waals surface area contributed by atoms with Crippen LogP contribution in [0, 0.1) is 5.92 Å². The summed E-state index contributed by atoms with van der Waals surface area (Å²) in [6.07, 6.45) is 2.41. The summed E-state index contributed by atoms with van der Waals surface area (Å²) in [5, 5.41) is 5.31. The van der Waals surface area contributed by atoms with Gasteiger partial charge in [-0.25, -0.2) is 0 Å². The number of hydrogen-bond donors (Lipinski definition) is 1. The lowest BCUT2D eigenvalue weighted by Gasteiger charge is -2.39. The fourth-order valence-corrected chi connectivity index (χ4v) is 4.32. The first-order valence-electron chi connectivity index (χ1n) is 8.38. The fourth-order valence-electron chi connectivity index (χ4n) is 3.33. The van der Waals surface area contributed by atoms with Crippen LogP contribution in [0.1, 0.15) is 37.6 Å². The van der Waals surface area contributed by atoms with Crippen LogP contribution in [0.25, 0.3) is 0 Å². The van der Waals surface area contributed by atoms with Crippen molar-refractivity contribution in [2.45, 2.75) is 32.7 Å². The molecule has 5 heteroatoms. The topological polar surface area (TPSA) is 35.6 Å². The maximum absolute atomic E-state index is 12.1. The Morgan fingerprint density at radius 1 is 1.45 bits per heavy atom. The SMILES string of the molecule is CCN(CC)CC(=O)NC[C@@H]1CCCN(C)[C@@H]1c1cccs1. The molecule has 0 saturated carbocycles. The van der Waals surface area contributed by atoms with Crippen molar-refractivity contribution in [1.82, 2.24) is 15.1 Å². The average Bonchev–Trinajstić information content (AvgIpc) is 3.04. The molecule has 1 amide bonds. The molecule has 0 bridgehead atoms. The summed E-state index contributed by atoms with van der Waals surface area (Å²) < 4.78 is 0. The largest absolute Gasteiger partial charge is 0.355 e. The van der Waals surface area contributed by atoms with E-state index in [9.17, 15) is 4.79 Å². The highest BCUT2D eigenvalue weighted by molar-refractivity contribution is 7.10. The Kier molecular flexibility index (Phi) is 6.86. The predicted molar refractivity (Wildman–Crippen MR) is 93.2 cm³/mol. The minimum Gasteiger partial charge on any atom is -0.355 e. The second-order valence-electron chi connectivity index (χ2n) is 6.11. The van der Waals surface area contributed by atoms with E-state index < -0.39 is 0 Å². The molecule has 0 radical (unpaired) electrons. The van der Waals surface area contributed by atoms with Crippen LogP contribution >= 0.6 is 11.3 Å². The van der Waals surface area contributed by atoms with E-state index in [-0.39, 0.29) is 5.91 Å². The van der Waals surface area contributed by atoms with E-state index in [0.717, 1.165) is 26.2 Å². The van der Waals surface area contributed by atoms with Crippen LogP contribution < -0.4 is 5.32 Å². The van der Waals surface area contributed by atoms with Crippen LogP contribution in [0.5, 0.6) is 0 Å². The van der Waals surface area contributed by atoms with E-state index in [1.54, 1.807) is 0 Å². The lowest BCUT2D eigenvalue weighted by molar-refractivity contribution is -0.122. The summed E-state index contributed by atoms with van der Waals surface area (Å²) in [6.45, 7) is 8.49. The quantitative estimate of drug-likeness (QED) is 0.838. The Hall–Kier alpha value is -0.910. The van der Waals surface area contributed by atoms with Crippen LogP contribution in [-0.2, 0) is 4.79 Å². The summed E-state index contributed by atoms with van der Waals surface area (Å²) in [7, 11) is 2.20. The highest BCUT2D eigenvalue weighted by atomic mass is 32.1. The fraction of sp³-hybridized carbons (Fsp3) is 0.706. The van der Waals surface area contributed by atoms with Crippen molar-refractivity contribution in [3.05, 3.63) is 22.4 Å². The predicted octanol–water partition coefficient (Wildman–Crippen LogP) is 2.59. The average molecular weight is 324 g/mol. The van der Waals surface area contributed by atoms with Crippen molar-refractivity contribution < 1.29 is 4.79 Å². The molecule has 2 atom stereocenters. The van der Waals surface area contributed by atoms with Crippen molar-refractivity contribution in [2.75, 3.05) is 39.8 Å². The van der Waals surface area contributed by atoms with Gasteiger partial charge in [-0.3, -0.25) is 14.6 Å². The van der Waals surface area contributed by atoms with Gasteiger partial charge in [-0.05, 0) is 56.9 Å². The van der Waals surface area contributed by atoms with Gasteiger partial charge in [-0.2, -0.15) is 0 Å². The third kappa shape index (κ3) is 4.54. The van der Waals surface area contributed by atoms with Gasteiger partial charge in [0.15, 0.2) is 0 Å². The molecule has 1 aromatic heterocycles. The zero-order valence-corrected chi connectivity index (χ0v) is 14.9. The van der Waals surface area contributed by atoms with E-state index in [1.165, 1.54) is 17.7 Å². The third-order valence-corrected chi connectivity index (χ3v) is 5.61. The molecular weight excluding hydrogens is 294 g/mol. The molecule has 1 aliphatic heterocycles. The Morgan fingerprint density at radius 2 is 2.23 bits per heavy atom. The molecular formula is C17H29N3OS. The van der Waals surface area contributed by atoms with Gasteiger partial charge in [-0.1, -0.05) is 19.9 Å². The Balaban J connectivity index is 1.91. The van der Waals surface area contributed by atoms with E-state index in [0.29, 0.717) is 18.5 Å². The molecule has 2 rings (SSSR count). The van der Waals surface area contributed by atoms with Crippen molar-refractivity contribution in [1.29, 1.82) is 0 Å². The number of likely N-dealkylation sites (tertiary alicyclic amines) is 1. The summed E-state index contributed by atoms with van der Waals surface area (Å²) in [5.74, 6) is 0.667. The van der Waals surface area contributed by atoms with Gasteiger partial charge >= 0.3 is 0 Å². The van der Waals surface area contributed by atoms with Gasteiger partial charge in [-0.15, -0.1) is 11.3 Å². The smallest absolute Gasteiger partial charge is 0.234 e. The number of amides is 1. The summed E-state index contributed by atoms with van der Waals surface area (Å²) >= 11 is 1.83. The molecule has 0 aromatic carbocycles. The first-order chi connectivity index (χ1) is 10.7. The minimum atomic E-state index is 0.154. The molecule has 22 heavy (non-hydrogen) atoms. The normalized spacial score (nSPS) is 22.9. The molecule has 1 aromatic rings. The molecule has 0 spiro atoms. The maximum Gasteiger partial charge on any atom is 0.234 e. The van der Waals surface area contributed by atoms with Crippen molar-refractivity contribution in [2.24, 2.45) is 5.92 Å². The molecule has 124 valence electrons. The lowest BCUT2D eigenvalue weighted by atomic mass is 9.88. The number of carbonyl (C=O) groups is 1. The van der Waals surface area contributed by atoms with Gasteiger partial charge in [0.1, 0.15) is 0 Å². The Labute approximate surface area is 138 Å². The number of piperidine rings is 1. The Bertz CT molecular complexity index is 445. The minimum absolute atomic E-state index is 0.154. The van der Waals surface area contributed by atoms with E-state index >= 15 is 0 Å². The molecule has 1 aliphatic rings. The number of likely N-dealkylation sites (N-methyl/N-ethyl adjacent to an activating group) is 1. The molecule has 1 N–H and O–H groups in total. The van der Waals surface area contributed by atoms with Gasteiger partial charge in [0, 0.05) is 17.5 Å². The standard InChI is InChI=1S/C17H29N3OS/c1-4-20(5-2)13-16(21)18-12-14-8-6-10-19(3)17(14)15-9-7-11-22-15/h7,9,11,14,17H,4-6,8,10,12-13H2,1-3H3,(H,18,21)/t14-,17-/m0/s1. The summed E-state index contributed by atoms with van der Waals surface area (Å²) in [4.78, 5) is 18.1. The lowest BCUT2D eigenvalue weighted by Crippen LogP contribution is -2.44. The highest BCUT2D eigenvalue weighted by Gasteiger charge is 2.31. The maximum atomic E-state index is 12.1. The number of thiophene rings is 1. The monoisotopic (exact) mass is 323 g/mol. The highest BCUT2D eigenvalue weighted by Crippen LogP contribution is 2.36. The number of rotatable bonds is 7. The zero-order chi connectivity index (χ0) is 15.9. The van der Waals surface area contributed by atoms with E-state index in [2.05, 4.69) is 53.5 Å². The Morgan fingerprint density at radius 3 is 2.86 bits per heavy atom. The summed E-state index contributed by atoms with van der Waals surface area (Å²) in [6, 6.07) is 4.79. The number of hydrogen-bond acceptors (Lipinski definition) is 4. The number of nitrogens with zero attached hydrogens (tertiary/aromatic N) is 2. The first-order valence-corrected chi connectivity index (χ1v) is 9.26.